The average molecular weight is 481 g/mol. The van der Waals surface area contributed by atoms with E-state index in [4.69, 9.17) is 9.84 Å². The van der Waals surface area contributed by atoms with Crippen molar-refractivity contribution in [3.63, 3.8) is 0 Å². The highest BCUT2D eigenvalue weighted by Gasteiger charge is 2.31. The summed E-state index contributed by atoms with van der Waals surface area (Å²) in [5.74, 6) is -1.22. The first-order valence-electron chi connectivity index (χ1n) is 12.0. The second kappa shape index (κ2) is 10.5. The van der Waals surface area contributed by atoms with Crippen LogP contribution < -0.4 is 10.6 Å². The molecule has 0 saturated heterocycles. The van der Waals surface area contributed by atoms with E-state index in [1.165, 1.54) is 11.1 Å². The molecule has 1 aliphatic rings. The van der Waals surface area contributed by atoms with Gasteiger partial charge in [0.15, 0.2) is 0 Å². The molecule has 2 amide bonds. The Morgan fingerprint density at radius 3 is 2.00 bits per heavy atom. The molecule has 1 atom stereocenters. The fourth-order valence-electron chi connectivity index (χ4n) is 4.41. The number of carbonyl (C=O) groups is 3. The Morgan fingerprint density at radius 2 is 1.49 bits per heavy atom. The number of fused-ring (bicyclic) bond motifs is 3. The third-order valence-electron chi connectivity index (χ3n) is 6.52. The van der Waals surface area contributed by atoms with Gasteiger partial charge in [-0.2, -0.15) is 0 Å². The summed E-state index contributed by atoms with van der Waals surface area (Å²) in [5, 5.41) is 14.8. The first-order chi connectivity index (χ1) is 16.4. The summed E-state index contributed by atoms with van der Waals surface area (Å²) >= 11 is 0. The molecule has 0 radical (unpaired) electrons. The number of ether oxygens (including phenoxy) is 1. The Labute approximate surface area is 207 Å². The third kappa shape index (κ3) is 6.84. The minimum atomic E-state index is -0.956. The van der Waals surface area contributed by atoms with Crippen LogP contribution in [0.1, 0.15) is 70.9 Å². The molecule has 0 aliphatic heterocycles. The summed E-state index contributed by atoms with van der Waals surface area (Å²) in [7, 11) is 0. The van der Waals surface area contributed by atoms with Crippen molar-refractivity contribution >= 4 is 18.0 Å². The first kappa shape index (κ1) is 26.3. The lowest BCUT2D eigenvalue weighted by molar-refractivity contribution is -0.138. The number of benzene rings is 2. The van der Waals surface area contributed by atoms with Crippen LogP contribution in [-0.4, -0.2) is 41.3 Å². The lowest BCUT2D eigenvalue weighted by atomic mass is 9.84. The van der Waals surface area contributed by atoms with E-state index in [0.717, 1.165) is 11.1 Å². The van der Waals surface area contributed by atoms with Crippen molar-refractivity contribution in [1.82, 2.24) is 10.6 Å². The highest BCUT2D eigenvalue weighted by molar-refractivity contribution is 5.79. The van der Waals surface area contributed by atoms with Crippen molar-refractivity contribution < 1.29 is 24.2 Å². The molecule has 3 N–H and O–H groups in total. The predicted octanol–water partition coefficient (Wildman–Crippen LogP) is 5.09. The minimum Gasteiger partial charge on any atom is -0.481 e. The molecule has 7 nitrogen and oxygen atoms in total. The summed E-state index contributed by atoms with van der Waals surface area (Å²) in [5.41, 5.74) is 3.56. The van der Waals surface area contributed by atoms with E-state index in [2.05, 4.69) is 34.9 Å². The summed E-state index contributed by atoms with van der Waals surface area (Å²) in [6, 6.07) is 15.8. The Bertz CT molecular complexity index is 1040. The van der Waals surface area contributed by atoms with Gasteiger partial charge >= 0.3 is 12.1 Å². The Kier molecular flexibility index (Phi) is 7.88. The van der Waals surface area contributed by atoms with Crippen LogP contribution in [0.5, 0.6) is 0 Å². The minimum absolute atomic E-state index is 0.0226. The molecule has 0 saturated carbocycles. The number of alkyl carbamates (subject to hydrolysis) is 1. The third-order valence-corrected chi connectivity index (χ3v) is 6.52. The van der Waals surface area contributed by atoms with E-state index in [-0.39, 0.29) is 36.7 Å². The molecule has 1 aliphatic carbocycles. The maximum atomic E-state index is 12.6. The maximum Gasteiger partial charge on any atom is 0.407 e. The number of amides is 2. The van der Waals surface area contributed by atoms with Crippen molar-refractivity contribution in [2.24, 2.45) is 5.41 Å². The van der Waals surface area contributed by atoms with Gasteiger partial charge in [0.25, 0.3) is 0 Å². The van der Waals surface area contributed by atoms with Gasteiger partial charge in [0.05, 0.1) is 6.42 Å². The molecule has 0 heterocycles. The second-order valence-electron chi connectivity index (χ2n) is 10.9. The van der Waals surface area contributed by atoms with E-state index in [1.54, 1.807) is 0 Å². The number of carboxylic acids is 1. The van der Waals surface area contributed by atoms with E-state index in [9.17, 15) is 14.4 Å². The van der Waals surface area contributed by atoms with E-state index >= 15 is 0 Å². The monoisotopic (exact) mass is 480 g/mol. The molecule has 2 aromatic rings. The molecule has 0 aromatic heterocycles. The van der Waals surface area contributed by atoms with Crippen molar-refractivity contribution in [1.29, 1.82) is 0 Å². The molecular formula is C28H36N2O5. The van der Waals surface area contributed by atoms with Gasteiger partial charge in [-0.25, -0.2) is 4.79 Å². The summed E-state index contributed by atoms with van der Waals surface area (Å²) in [6.07, 6.45) is -0.136. The maximum absolute atomic E-state index is 12.6. The molecule has 0 bridgehead atoms. The van der Waals surface area contributed by atoms with Crippen molar-refractivity contribution in [3.05, 3.63) is 59.7 Å². The van der Waals surface area contributed by atoms with Crippen LogP contribution >= 0.6 is 0 Å². The number of rotatable bonds is 9. The van der Waals surface area contributed by atoms with Gasteiger partial charge in [-0.15, -0.1) is 0 Å². The molecule has 35 heavy (non-hydrogen) atoms. The molecule has 0 spiro atoms. The quantitative estimate of drug-likeness (QED) is 0.464. The number of hydrogen-bond acceptors (Lipinski definition) is 4. The van der Waals surface area contributed by atoms with Crippen LogP contribution in [0.3, 0.4) is 0 Å². The number of hydrogen-bond donors (Lipinski definition) is 3. The number of carbonyl (C=O) groups excluding carboxylic acids is 2. The zero-order valence-corrected chi connectivity index (χ0v) is 21.2. The zero-order chi connectivity index (χ0) is 25.8. The largest absolute Gasteiger partial charge is 0.481 e. The number of carboxylic acid groups (broad SMARTS) is 1. The SMILES string of the molecule is CC(C)(CCC(=O)NC(CC(=O)O)C(C)(C)C)NC(=O)OCC1c2ccccc2-c2ccccc21. The molecule has 2 aromatic carbocycles. The standard InChI is InChI=1S/C28H36N2O5/c1-27(2,3)23(16-25(32)33)29-24(31)14-15-28(4,5)30-26(34)35-17-22-20-12-8-6-10-18(20)19-11-7-9-13-21(19)22/h6-13,22-23H,14-17H2,1-5H3,(H,29,31)(H,30,34)(H,32,33). The van der Waals surface area contributed by atoms with Gasteiger partial charge in [-0.05, 0) is 47.9 Å². The summed E-state index contributed by atoms with van der Waals surface area (Å²) in [6.45, 7) is 9.57. The van der Waals surface area contributed by atoms with Crippen LogP contribution in [0, 0.1) is 5.41 Å². The highest BCUT2D eigenvalue weighted by atomic mass is 16.5. The topological polar surface area (TPSA) is 105 Å². The average Bonchev–Trinajstić information content (AvgIpc) is 3.08. The molecule has 1 unspecified atom stereocenters. The first-order valence-corrected chi connectivity index (χ1v) is 12.0. The smallest absolute Gasteiger partial charge is 0.407 e. The lowest BCUT2D eigenvalue weighted by Crippen LogP contribution is -2.47. The summed E-state index contributed by atoms with van der Waals surface area (Å²) in [4.78, 5) is 36.3. The van der Waals surface area contributed by atoms with E-state index < -0.39 is 23.6 Å². The van der Waals surface area contributed by atoms with Gasteiger partial charge in [0.1, 0.15) is 6.61 Å². The van der Waals surface area contributed by atoms with Crippen LogP contribution in [0.4, 0.5) is 4.79 Å². The van der Waals surface area contributed by atoms with E-state index in [0.29, 0.717) is 6.42 Å². The second-order valence-corrected chi connectivity index (χ2v) is 10.9. The van der Waals surface area contributed by atoms with Gasteiger partial charge in [0, 0.05) is 23.9 Å². The van der Waals surface area contributed by atoms with Crippen molar-refractivity contribution in [2.75, 3.05) is 6.61 Å². The number of nitrogens with one attached hydrogen (secondary N) is 2. The molecular weight excluding hydrogens is 444 g/mol. The normalized spacial score (nSPS) is 14.0. The Balaban J connectivity index is 1.53. The Hall–Kier alpha value is -3.35. The lowest BCUT2D eigenvalue weighted by Gasteiger charge is -2.31. The van der Waals surface area contributed by atoms with Gasteiger partial charge in [0.2, 0.25) is 5.91 Å². The zero-order valence-electron chi connectivity index (χ0n) is 21.2. The van der Waals surface area contributed by atoms with E-state index in [1.807, 2.05) is 58.9 Å². The van der Waals surface area contributed by atoms with Crippen LogP contribution in [-0.2, 0) is 14.3 Å². The highest BCUT2D eigenvalue weighted by Crippen LogP contribution is 2.44. The van der Waals surface area contributed by atoms with Crippen LogP contribution in [0.2, 0.25) is 0 Å². The van der Waals surface area contributed by atoms with Gasteiger partial charge in [-0.1, -0.05) is 69.3 Å². The van der Waals surface area contributed by atoms with Crippen molar-refractivity contribution in [3.8, 4) is 11.1 Å². The van der Waals surface area contributed by atoms with Gasteiger partial charge in [-0.3, -0.25) is 9.59 Å². The van der Waals surface area contributed by atoms with Crippen LogP contribution in [0.15, 0.2) is 48.5 Å². The molecule has 7 heteroatoms. The molecule has 188 valence electrons. The van der Waals surface area contributed by atoms with Crippen LogP contribution in [0.25, 0.3) is 11.1 Å². The predicted molar refractivity (Wildman–Crippen MR) is 135 cm³/mol. The number of aliphatic carboxylic acids is 1. The summed E-state index contributed by atoms with van der Waals surface area (Å²) < 4.78 is 5.62. The fourth-order valence-corrected chi connectivity index (χ4v) is 4.41. The van der Waals surface area contributed by atoms with Crippen molar-refractivity contribution in [2.45, 2.75) is 71.4 Å². The Morgan fingerprint density at radius 1 is 0.943 bits per heavy atom. The fraction of sp³-hybridized carbons (Fsp3) is 0.464. The molecule has 0 fully saturated rings. The molecule has 3 rings (SSSR count). The van der Waals surface area contributed by atoms with Gasteiger partial charge < -0.3 is 20.5 Å².